The first-order chi connectivity index (χ1) is 9.63. The van der Waals surface area contributed by atoms with Gasteiger partial charge in [-0.15, -0.1) is 0 Å². The first-order valence-corrected chi connectivity index (χ1v) is 6.37. The molecule has 3 rings (SSSR count). The van der Waals surface area contributed by atoms with E-state index < -0.39 is 0 Å². The first kappa shape index (κ1) is 12.4. The number of rotatable bonds is 2. The minimum absolute atomic E-state index is 0.198. The van der Waals surface area contributed by atoms with Crippen LogP contribution in [0.25, 0.3) is 17.4 Å². The van der Waals surface area contributed by atoms with Gasteiger partial charge in [0.25, 0.3) is 5.91 Å². The van der Waals surface area contributed by atoms with E-state index in [1.807, 2.05) is 43.3 Å². The van der Waals surface area contributed by atoms with Crippen molar-refractivity contribution in [1.29, 1.82) is 0 Å². The number of carbonyl (C=O) groups excluding carboxylic acids is 1. The summed E-state index contributed by atoms with van der Waals surface area (Å²) in [6.45, 7) is 3.83. The van der Waals surface area contributed by atoms with Crippen molar-refractivity contribution < 1.29 is 9.21 Å². The highest BCUT2D eigenvalue weighted by atomic mass is 16.3. The SMILES string of the molecule is CC1=NNC(=O)C1=Cc1ccc(-c2ccc(C)cc2)o1. The van der Waals surface area contributed by atoms with Gasteiger partial charge in [0.1, 0.15) is 11.5 Å². The second-order valence-corrected chi connectivity index (χ2v) is 4.76. The predicted molar refractivity (Wildman–Crippen MR) is 78.1 cm³/mol. The molecule has 0 saturated heterocycles. The summed E-state index contributed by atoms with van der Waals surface area (Å²) in [5.74, 6) is 1.22. The standard InChI is InChI=1S/C16H14N2O2/c1-10-3-5-12(6-4-10)15-8-7-13(20-15)9-14-11(2)17-18-16(14)19/h3-9H,1-2H3,(H,18,19). The molecule has 1 aliphatic rings. The van der Waals surface area contributed by atoms with Gasteiger partial charge in [0.2, 0.25) is 0 Å². The number of nitrogens with zero attached hydrogens (tertiary/aromatic N) is 1. The fourth-order valence-corrected chi connectivity index (χ4v) is 2.04. The Morgan fingerprint density at radius 3 is 2.50 bits per heavy atom. The molecule has 2 heterocycles. The van der Waals surface area contributed by atoms with Crippen molar-refractivity contribution >= 4 is 17.7 Å². The number of carbonyl (C=O) groups is 1. The summed E-state index contributed by atoms with van der Waals surface area (Å²) < 4.78 is 5.76. The van der Waals surface area contributed by atoms with Crippen LogP contribution in [-0.4, -0.2) is 11.6 Å². The minimum atomic E-state index is -0.198. The monoisotopic (exact) mass is 266 g/mol. The van der Waals surface area contributed by atoms with Gasteiger partial charge in [0.05, 0.1) is 11.3 Å². The van der Waals surface area contributed by atoms with Crippen molar-refractivity contribution in [2.75, 3.05) is 0 Å². The Morgan fingerprint density at radius 2 is 1.85 bits per heavy atom. The van der Waals surface area contributed by atoms with E-state index in [-0.39, 0.29) is 5.91 Å². The first-order valence-electron chi connectivity index (χ1n) is 6.37. The maximum atomic E-state index is 11.6. The smallest absolute Gasteiger partial charge is 0.273 e. The van der Waals surface area contributed by atoms with Crippen LogP contribution in [0, 0.1) is 6.92 Å². The van der Waals surface area contributed by atoms with Crippen molar-refractivity contribution in [2.24, 2.45) is 5.10 Å². The lowest BCUT2D eigenvalue weighted by atomic mass is 10.1. The normalized spacial score (nSPS) is 16.4. The third kappa shape index (κ3) is 2.28. The second-order valence-electron chi connectivity index (χ2n) is 4.76. The van der Waals surface area contributed by atoms with Gasteiger partial charge in [-0.2, -0.15) is 5.10 Å². The molecule has 1 aromatic carbocycles. The molecule has 0 fully saturated rings. The Hall–Kier alpha value is -2.62. The summed E-state index contributed by atoms with van der Waals surface area (Å²) in [5, 5.41) is 3.88. The number of aryl methyl sites for hydroxylation is 1. The number of hydrogen-bond acceptors (Lipinski definition) is 3. The fourth-order valence-electron chi connectivity index (χ4n) is 2.04. The van der Waals surface area contributed by atoms with Crippen LogP contribution in [0.5, 0.6) is 0 Å². The molecule has 1 aromatic heterocycles. The van der Waals surface area contributed by atoms with E-state index in [9.17, 15) is 4.79 Å². The van der Waals surface area contributed by atoms with Crippen LogP contribution >= 0.6 is 0 Å². The van der Waals surface area contributed by atoms with Crippen LogP contribution in [0.3, 0.4) is 0 Å². The predicted octanol–water partition coefficient (Wildman–Crippen LogP) is 3.14. The van der Waals surface area contributed by atoms with Crippen molar-refractivity contribution in [3.63, 3.8) is 0 Å². The van der Waals surface area contributed by atoms with Crippen molar-refractivity contribution in [3.05, 3.63) is 53.3 Å². The van der Waals surface area contributed by atoms with Gasteiger partial charge in [-0.1, -0.05) is 29.8 Å². The lowest BCUT2D eigenvalue weighted by molar-refractivity contribution is -0.116. The largest absolute Gasteiger partial charge is 0.457 e. The van der Waals surface area contributed by atoms with E-state index in [1.165, 1.54) is 5.56 Å². The highest BCUT2D eigenvalue weighted by Gasteiger charge is 2.19. The lowest BCUT2D eigenvalue weighted by Gasteiger charge is -1.97. The van der Waals surface area contributed by atoms with Crippen LogP contribution in [-0.2, 0) is 4.79 Å². The summed E-state index contributed by atoms with van der Waals surface area (Å²) in [4.78, 5) is 11.6. The quantitative estimate of drug-likeness (QED) is 0.849. The molecular weight excluding hydrogens is 252 g/mol. The van der Waals surface area contributed by atoms with Crippen molar-refractivity contribution in [1.82, 2.24) is 5.43 Å². The molecule has 4 heteroatoms. The molecule has 1 amide bonds. The van der Waals surface area contributed by atoms with Gasteiger partial charge in [-0.25, -0.2) is 5.43 Å². The number of nitrogens with one attached hydrogen (secondary N) is 1. The zero-order chi connectivity index (χ0) is 14.1. The molecule has 0 saturated carbocycles. The van der Waals surface area contributed by atoms with Crippen LogP contribution in [0.2, 0.25) is 0 Å². The highest BCUT2D eigenvalue weighted by molar-refractivity contribution is 6.26. The Morgan fingerprint density at radius 1 is 1.10 bits per heavy atom. The van der Waals surface area contributed by atoms with E-state index in [2.05, 4.69) is 10.5 Å². The Balaban J connectivity index is 1.91. The number of benzene rings is 1. The van der Waals surface area contributed by atoms with Crippen LogP contribution < -0.4 is 5.43 Å². The molecule has 100 valence electrons. The highest BCUT2D eigenvalue weighted by Crippen LogP contribution is 2.24. The molecule has 0 radical (unpaired) electrons. The average Bonchev–Trinajstić information content (AvgIpc) is 3.02. The fraction of sp³-hybridized carbons (Fsp3) is 0.125. The van der Waals surface area contributed by atoms with Crippen LogP contribution in [0.15, 0.2) is 51.5 Å². The molecule has 0 unspecified atom stereocenters. The Kier molecular flexibility index (Phi) is 2.99. The van der Waals surface area contributed by atoms with Gasteiger partial charge in [0.15, 0.2) is 0 Å². The third-order valence-electron chi connectivity index (χ3n) is 3.21. The topological polar surface area (TPSA) is 54.6 Å². The minimum Gasteiger partial charge on any atom is -0.457 e. The van der Waals surface area contributed by atoms with E-state index in [0.717, 1.165) is 11.3 Å². The average molecular weight is 266 g/mol. The lowest BCUT2D eigenvalue weighted by Crippen LogP contribution is -2.12. The van der Waals surface area contributed by atoms with Gasteiger partial charge >= 0.3 is 0 Å². The number of amides is 1. The zero-order valence-electron chi connectivity index (χ0n) is 11.3. The molecule has 4 nitrogen and oxygen atoms in total. The zero-order valence-corrected chi connectivity index (χ0v) is 11.3. The third-order valence-corrected chi connectivity index (χ3v) is 3.21. The summed E-state index contributed by atoms with van der Waals surface area (Å²) >= 11 is 0. The van der Waals surface area contributed by atoms with Crippen LogP contribution in [0.4, 0.5) is 0 Å². The van der Waals surface area contributed by atoms with Crippen LogP contribution in [0.1, 0.15) is 18.2 Å². The molecule has 0 spiro atoms. The van der Waals surface area contributed by atoms with E-state index in [1.54, 1.807) is 13.0 Å². The van der Waals surface area contributed by atoms with Gasteiger partial charge in [-0.3, -0.25) is 4.79 Å². The van der Waals surface area contributed by atoms with E-state index in [4.69, 9.17) is 4.42 Å². The summed E-state index contributed by atoms with van der Waals surface area (Å²) in [6.07, 6.45) is 1.71. The molecule has 1 N–H and O–H groups in total. The summed E-state index contributed by atoms with van der Waals surface area (Å²) in [7, 11) is 0. The Bertz CT molecular complexity index is 721. The number of hydrogen-bond donors (Lipinski definition) is 1. The van der Waals surface area contributed by atoms with Crippen molar-refractivity contribution in [3.8, 4) is 11.3 Å². The van der Waals surface area contributed by atoms with Crippen molar-refractivity contribution in [2.45, 2.75) is 13.8 Å². The molecule has 20 heavy (non-hydrogen) atoms. The molecule has 0 atom stereocenters. The number of furan rings is 1. The molecule has 0 bridgehead atoms. The molecular formula is C16H14N2O2. The molecule has 0 aliphatic carbocycles. The Labute approximate surface area is 116 Å². The van der Waals surface area contributed by atoms with Gasteiger partial charge < -0.3 is 4.42 Å². The summed E-state index contributed by atoms with van der Waals surface area (Å²) in [5.41, 5.74) is 5.85. The van der Waals surface area contributed by atoms with E-state index >= 15 is 0 Å². The number of hydrazone groups is 1. The maximum absolute atomic E-state index is 11.6. The molecule has 2 aromatic rings. The van der Waals surface area contributed by atoms with Gasteiger partial charge in [-0.05, 0) is 32.1 Å². The van der Waals surface area contributed by atoms with E-state index in [0.29, 0.717) is 17.0 Å². The summed E-state index contributed by atoms with van der Waals surface area (Å²) in [6, 6.07) is 11.9. The van der Waals surface area contributed by atoms with Gasteiger partial charge in [0, 0.05) is 5.56 Å². The second kappa shape index (κ2) is 4.81. The molecule has 1 aliphatic heterocycles. The maximum Gasteiger partial charge on any atom is 0.273 e.